The Morgan fingerprint density at radius 2 is 1.62 bits per heavy atom. The second-order valence-electron chi connectivity index (χ2n) is 13.5. The van der Waals surface area contributed by atoms with E-state index >= 15 is 0 Å². The molecular weight excluding hydrogens is 392 g/mol. The van der Waals surface area contributed by atoms with Crippen LogP contribution in [-0.2, 0) is 9.53 Å². The van der Waals surface area contributed by atoms with Gasteiger partial charge in [-0.2, -0.15) is 0 Å². The largest absolute Gasteiger partial charge is 0.465 e. The Kier molecular flexibility index (Phi) is 7.39. The molecule has 4 aliphatic rings. The molecule has 2 nitrogen and oxygen atoms in total. The highest BCUT2D eigenvalue weighted by molar-refractivity contribution is 5.37. The second-order valence-corrected chi connectivity index (χ2v) is 13.5. The Morgan fingerprint density at radius 1 is 0.906 bits per heavy atom. The van der Waals surface area contributed by atoms with Gasteiger partial charge in [-0.05, 0) is 122 Å². The van der Waals surface area contributed by atoms with Crippen LogP contribution in [0.15, 0.2) is 0 Å². The van der Waals surface area contributed by atoms with Gasteiger partial charge in [-0.1, -0.05) is 54.4 Å². The maximum Gasteiger partial charge on any atom is 0.293 e. The van der Waals surface area contributed by atoms with Gasteiger partial charge in [-0.3, -0.25) is 4.79 Å². The van der Waals surface area contributed by atoms with Crippen molar-refractivity contribution in [3.8, 4) is 0 Å². The lowest BCUT2D eigenvalue weighted by Crippen LogP contribution is -2.54. The molecule has 184 valence electrons. The zero-order valence-electron chi connectivity index (χ0n) is 22.1. The number of carbonyl (C=O) groups excluding carboxylic acids is 1. The van der Waals surface area contributed by atoms with Crippen molar-refractivity contribution in [1.82, 2.24) is 0 Å². The average Bonchev–Trinajstić information content (AvgIpc) is 3.11. The lowest BCUT2D eigenvalue weighted by Gasteiger charge is -2.61. The predicted molar refractivity (Wildman–Crippen MR) is 133 cm³/mol. The van der Waals surface area contributed by atoms with Gasteiger partial charge in [-0.15, -0.1) is 0 Å². The maximum atomic E-state index is 10.9. The summed E-state index contributed by atoms with van der Waals surface area (Å²) in [6.07, 6.45) is 16.6. The summed E-state index contributed by atoms with van der Waals surface area (Å²) in [5.41, 5.74) is 1.07. The van der Waals surface area contributed by atoms with Gasteiger partial charge in [0.15, 0.2) is 0 Å². The first-order valence-electron chi connectivity index (χ1n) is 14.3. The molecule has 2 heteroatoms. The Bertz CT molecular complexity index is 643. The average molecular weight is 445 g/mol. The minimum Gasteiger partial charge on any atom is -0.465 e. The number of carbonyl (C=O) groups is 1. The summed E-state index contributed by atoms with van der Waals surface area (Å²) in [5, 5.41) is 0. The molecule has 0 heterocycles. The first-order chi connectivity index (χ1) is 15.2. The fourth-order valence-electron chi connectivity index (χ4n) is 10.1. The second kappa shape index (κ2) is 9.61. The molecule has 0 amide bonds. The Morgan fingerprint density at radius 3 is 2.31 bits per heavy atom. The van der Waals surface area contributed by atoms with Crippen molar-refractivity contribution in [2.45, 2.75) is 125 Å². The molecule has 4 fully saturated rings. The number of hydrogen-bond donors (Lipinski definition) is 0. The minimum atomic E-state index is 0.186. The molecule has 0 radical (unpaired) electrons. The molecule has 0 aromatic rings. The van der Waals surface area contributed by atoms with Crippen LogP contribution >= 0.6 is 0 Å². The van der Waals surface area contributed by atoms with E-state index < -0.39 is 0 Å². The van der Waals surface area contributed by atoms with E-state index in [4.69, 9.17) is 4.74 Å². The third kappa shape index (κ3) is 4.19. The monoisotopic (exact) mass is 444 g/mol. The van der Waals surface area contributed by atoms with Crippen LogP contribution in [0.2, 0.25) is 0 Å². The van der Waals surface area contributed by atoms with Crippen molar-refractivity contribution in [2.75, 3.05) is 0 Å². The Hall–Kier alpha value is -0.530. The smallest absolute Gasteiger partial charge is 0.293 e. The maximum absolute atomic E-state index is 10.9. The van der Waals surface area contributed by atoms with E-state index in [-0.39, 0.29) is 6.10 Å². The number of ether oxygens (including phenoxy) is 1. The molecule has 0 N–H and O–H groups in total. The van der Waals surface area contributed by atoms with E-state index in [1.807, 2.05) is 0 Å². The van der Waals surface area contributed by atoms with Gasteiger partial charge in [-0.25, -0.2) is 0 Å². The number of fused-ring (bicyclic) bond motifs is 5. The van der Waals surface area contributed by atoms with Crippen molar-refractivity contribution in [3.63, 3.8) is 0 Å². The highest BCUT2D eigenvalue weighted by Gasteiger charge is 2.60. The van der Waals surface area contributed by atoms with E-state index in [2.05, 4.69) is 41.5 Å². The molecule has 0 spiro atoms. The van der Waals surface area contributed by atoms with Crippen LogP contribution in [0.25, 0.3) is 0 Å². The summed E-state index contributed by atoms with van der Waals surface area (Å²) in [6, 6.07) is 0. The molecule has 4 rings (SSSR count). The molecule has 0 aromatic carbocycles. The SMILES string of the molecule is CCC(CCC(C)C1CCC2C3CCC4CC(OC=O)CCC4(C)C3CCC12C)C(C)C. The lowest BCUT2D eigenvalue weighted by molar-refractivity contribution is -0.151. The van der Waals surface area contributed by atoms with E-state index in [0.717, 1.165) is 60.2 Å². The van der Waals surface area contributed by atoms with Crippen LogP contribution in [0.3, 0.4) is 0 Å². The summed E-state index contributed by atoms with van der Waals surface area (Å²) in [7, 11) is 0. The van der Waals surface area contributed by atoms with E-state index in [0.29, 0.717) is 17.3 Å². The van der Waals surface area contributed by atoms with Gasteiger partial charge >= 0.3 is 0 Å². The molecule has 32 heavy (non-hydrogen) atoms. The fraction of sp³-hybridized carbons (Fsp3) is 0.967. The Labute approximate surface area is 199 Å². The Balaban J connectivity index is 1.43. The third-order valence-corrected chi connectivity index (χ3v) is 12.1. The van der Waals surface area contributed by atoms with Crippen molar-refractivity contribution in [2.24, 2.45) is 58.2 Å². The summed E-state index contributed by atoms with van der Waals surface area (Å²) >= 11 is 0. The van der Waals surface area contributed by atoms with Gasteiger partial charge in [0.25, 0.3) is 6.47 Å². The summed E-state index contributed by atoms with van der Waals surface area (Å²) in [5.74, 6) is 7.17. The number of hydrogen-bond acceptors (Lipinski definition) is 2. The molecule has 4 aliphatic carbocycles. The van der Waals surface area contributed by atoms with Crippen LogP contribution < -0.4 is 0 Å². The molecule has 0 saturated heterocycles. The predicted octanol–water partition coefficient (Wildman–Crippen LogP) is 8.29. The zero-order valence-corrected chi connectivity index (χ0v) is 22.1. The molecule has 10 atom stereocenters. The van der Waals surface area contributed by atoms with Gasteiger partial charge in [0.05, 0.1) is 0 Å². The van der Waals surface area contributed by atoms with Crippen LogP contribution in [0.5, 0.6) is 0 Å². The summed E-state index contributed by atoms with van der Waals surface area (Å²) < 4.78 is 5.42. The highest BCUT2D eigenvalue weighted by Crippen LogP contribution is 2.68. The first kappa shape index (κ1) is 24.6. The summed E-state index contributed by atoms with van der Waals surface area (Å²) in [4.78, 5) is 10.9. The fourth-order valence-corrected chi connectivity index (χ4v) is 10.1. The zero-order chi connectivity index (χ0) is 23.1. The molecule has 0 bridgehead atoms. The number of rotatable bonds is 8. The normalized spacial score (nSPS) is 45.5. The van der Waals surface area contributed by atoms with Crippen LogP contribution in [0, 0.1) is 58.2 Å². The van der Waals surface area contributed by atoms with E-state index in [1.54, 1.807) is 0 Å². The molecule has 10 unspecified atom stereocenters. The van der Waals surface area contributed by atoms with Crippen LogP contribution in [0.1, 0.15) is 119 Å². The van der Waals surface area contributed by atoms with Crippen molar-refractivity contribution >= 4 is 6.47 Å². The first-order valence-corrected chi connectivity index (χ1v) is 14.3. The van der Waals surface area contributed by atoms with Crippen molar-refractivity contribution in [1.29, 1.82) is 0 Å². The van der Waals surface area contributed by atoms with Gasteiger partial charge in [0.1, 0.15) is 6.10 Å². The van der Waals surface area contributed by atoms with Gasteiger partial charge in [0, 0.05) is 0 Å². The molecule has 4 saturated carbocycles. The van der Waals surface area contributed by atoms with Gasteiger partial charge < -0.3 is 4.74 Å². The summed E-state index contributed by atoms with van der Waals surface area (Å²) in [6.45, 7) is 15.9. The molecular formula is C30H52O2. The minimum absolute atomic E-state index is 0.186. The topological polar surface area (TPSA) is 26.3 Å². The molecule has 0 aliphatic heterocycles. The van der Waals surface area contributed by atoms with Crippen molar-refractivity contribution < 1.29 is 9.53 Å². The van der Waals surface area contributed by atoms with Crippen molar-refractivity contribution in [3.05, 3.63) is 0 Å². The quantitative estimate of drug-likeness (QED) is 0.352. The lowest BCUT2D eigenvalue weighted by atomic mass is 9.44. The van der Waals surface area contributed by atoms with Gasteiger partial charge in [0.2, 0.25) is 0 Å². The van der Waals surface area contributed by atoms with E-state index in [9.17, 15) is 4.79 Å². The molecule has 0 aromatic heterocycles. The standard InChI is InChI=1S/C30H52O2/c1-7-22(20(2)3)9-8-21(4)26-12-13-27-25-11-10-23-18-24(32-19-31)14-16-29(23,5)28(25)15-17-30(26,27)6/h19-28H,7-18H2,1-6H3. The van der Waals surface area contributed by atoms with E-state index in [1.165, 1.54) is 64.2 Å². The van der Waals surface area contributed by atoms with Crippen LogP contribution in [-0.4, -0.2) is 12.6 Å². The highest BCUT2D eigenvalue weighted by atomic mass is 16.5. The third-order valence-electron chi connectivity index (χ3n) is 12.1. The van der Waals surface area contributed by atoms with Crippen LogP contribution in [0.4, 0.5) is 0 Å².